The number of nitrogens with zero attached hydrogens (tertiary/aromatic N) is 8. The lowest BCUT2D eigenvalue weighted by Gasteiger charge is -2.32. The summed E-state index contributed by atoms with van der Waals surface area (Å²) in [7, 11) is 0. The van der Waals surface area contributed by atoms with Crippen molar-refractivity contribution in [2.75, 3.05) is 63.2 Å². The van der Waals surface area contributed by atoms with Crippen LogP contribution in [0.1, 0.15) is 46.6 Å². The van der Waals surface area contributed by atoms with Gasteiger partial charge in [-0.1, -0.05) is 6.07 Å². The number of aromatic nitrogens is 4. The lowest BCUT2D eigenvalue weighted by Crippen LogP contribution is -2.43. The Kier molecular flexibility index (Phi) is 8.78. The Morgan fingerprint density at radius 2 is 1.93 bits per heavy atom. The number of alkyl halides is 4. The first-order valence-corrected chi connectivity index (χ1v) is 18.9. The number of anilines is 2. The molecule has 0 aliphatic carbocycles. The van der Waals surface area contributed by atoms with E-state index in [0.717, 1.165) is 24.6 Å². The number of nitrogens with two attached hydrogens (primary N) is 1. The number of fused-ring (bicyclic) bond motifs is 4. The fourth-order valence-corrected chi connectivity index (χ4v) is 9.57. The Morgan fingerprint density at radius 3 is 2.70 bits per heavy atom. The summed E-state index contributed by atoms with van der Waals surface area (Å²) in [5, 5.41) is 13.7. The molecule has 0 saturated carbocycles. The first-order valence-electron chi connectivity index (χ1n) is 18.1. The molecule has 2 aromatic carbocycles. The van der Waals surface area contributed by atoms with Gasteiger partial charge in [-0.25, -0.2) is 13.2 Å². The maximum absolute atomic E-state index is 17.3. The number of hydrogen-bond donors (Lipinski definition) is 1. The van der Waals surface area contributed by atoms with Gasteiger partial charge >= 0.3 is 12.2 Å². The number of amides is 1. The van der Waals surface area contributed by atoms with Crippen LogP contribution in [-0.2, 0) is 24.0 Å². The standard InChI is InChI=1S/C37H33F6N9O3S/c38-19-14-36(4-1-5-51(36)16-19)18-55-35-46-30-22(33(47-35)50-6-7-52-20(17-50)12-26(48-52)34(53)49-8-10-54-11-9-49)13-24(37(41,42)43)28(29(30)40)21-2-3-25(39)31-27(21)23(15-44)32(45)56-31/h2-3,12-13,19H,1,4-11,14,16-18,45H2. The quantitative estimate of drug-likeness (QED) is 0.207. The number of ether oxygens (including phenoxy) is 2. The number of benzene rings is 2. The molecule has 2 unspecified atom stereocenters. The molecule has 0 radical (unpaired) electrons. The normalized spacial score (nSPS) is 21.5. The summed E-state index contributed by atoms with van der Waals surface area (Å²) in [5.74, 6) is -2.57. The van der Waals surface area contributed by atoms with Gasteiger partial charge in [0.25, 0.3) is 5.91 Å². The average molecular weight is 798 g/mol. The minimum absolute atomic E-state index is 0.0362. The van der Waals surface area contributed by atoms with Crippen LogP contribution in [0.2, 0.25) is 0 Å². The third-order valence-corrected chi connectivity index (χ3v) is 12.3. The van der Waals surface area contributed by atoms with E-state index in [0.29, 0.717) is 56.3 Å². The SMILES string of the molecule is N#Cc1c(N)sc2c(F)ccc(-c3c(C(F)(F)F)cc4c(N5CCn6nc(C(=O)N7CCOCC7)cc6C5)nc(OCC56CCCN5CC(F)C6)nc4c3F)c12. The van der Waals surface area contributed by atoms with Gasteiger partial charge in [0, 0.05) is 48.9 Å². The predicted molar refractivity (Wildman–Crippen MR) is 193 cm³/mol. The smallest absolute Gasteiger partial charge is 0.417 e. The average Bonchev–Trinajstić information content (AvgIpc) is 3.94. The zero-order valence-corrected chi connectivity index (χ0v) is 30.5. The van der Waals surface area contributed by atoms with E-state index in [1.807, 2.05) is 11.0 Å². The van der Waals surface area contributed by atoms with Crippen molar-refractivity contribution in [1.82, 2.24) is 29.5 Å². The summed E-state index contributed by atoms with van der Waals surface area (Å²) >= 11 is 0.674. The molecule has 2 atom stereocenters. The molecule has 3 saturated heterocycles. The molecular weight excluding hydrogens is 765 g/mol. The number of morpholine rings is 1. The molecule has 5 aromatic rings. The molecular formula is C37H33F6N9O3S. The summed E-state index contributed by atoms with van der Waals surface area (Å²) in [6, 6.07) is 5.76. The van der Waals surface area contributed by atoms with Gasteiger partial charge < -0.3 is 25.0 Å². The van der Waals surface area contributed by atoms with E-state index in [1.54, 1.807) is 20.5 Å². The Balaban J connectivity index is 1.19. The predicted octanol–water partition coefficient (Wildman–Crippen LogP) is 5.91. The summed E-state index contributed by atoms with van der Waals surface area (Å²) in [6.07, 6.45) is -4.53. The highest BCUT2D eigenvalue weighted by atomic mass is 32.1. The first kappa shape index (κ1) is 36.4. The topological polar surface area (TPSA) is 139 Å². The van der Waals surface area contributed by atoms with E-state index in [-0.39, 0.29) is 94.2 Å². The highest BCUT2D eigenvalue weighted by Gasteiger charge is 2.49. The molecule has 56 heavy (non-hydrogen) atoms. The van der Waals surface area contributed by atoms with Gasteiger partial charge in [-0.2, -0.15) is 33.5 Å². The van der Waals surface area contributed by atoms with Crippen LogP contribution in [0.25, 0.3) is 32.1 Å². The number of hydrogen-bond acceptors (Lipinski definition) is 11. The lowest BCUT2D eigenvalue weighted by atomic mass is 9.92. The van der Waals surface area contributed by atoms with Crippen LogP contribution in [0.4, 0.5) is 37.2 Å². The van der Waals surface area contributed by atoms with Crippen molar-refractivity contribution in [3.05, 3.63) is 58.4 Å². The molecule has 7 heterocycles. The Hall–Kier alpha value is -5.19. The molecule has 4 aliphatic heterocycles. The Morgan fingerprint density at radius 1 is 1.12 bits per heavy atom. The van der Waals surface area contributed by atoms with Crippen molar-refractivity contribution < 1.29 is 40.6 Å². The molecule has 3 fully saturated rings. The van der Waals surface area contributed by atoms with Crippen LogP contribution < -0.4 is 15.4 Å². The van der Waals surface area contributed by atoms with Crippen LogP contribution in [0.3, 0.4) is 0 Å². The molecule has 9 rings (SSSR count). The molecule has 0 spiro atoms. The second-order valence-electron chi connectivity index (χ2n) is 14.5. The van der Waals surface area contributed by atoms with Gasteiger partial charge in [0.05, 0.1) is 53.4 Å². The summed E-state index contributed by atoms with van der Waals surface area (Å²) in [4.78, 5) is 27.5. The number of rotatable bonds is 6. The summed E-state index contributed by atoms with van der Waals surface area (Å²) < 4.78 is 105. The van der Waals surface area contributed by atoms with Crippen LogP contribution in [0.15, 0.2) is 24.3 Å². The van der Waals surface area contributed by atoms with E-state index in [4.69, 9.17) is 15.2 Å². The number of halogens is 6. The highest BCUT2D eigenvalue weighted by molar-refractivity contribution is 7.23. The van der Waals surface area contributed by atoms with Crippen molar-refractivity contribution in [1.29, 1.82) is 5.26 Å². The molecule has 0 bridgehead atoms. The van der Waals surface area contributed by atoms with Gasteiger partial charge in [-0.3, -0.25) is 14.4 Å². The van der Waals surface area contributed by atoms with Gasteiger partial charge in [-0.05, 0) is 43.1 Å². The molecule has 2 N–H and O–H groups in total. The molecule has 19 heteroatoms. The summed E-state index contributed by atoms with van der Waals surface area (Å²) in [6.45, 7) is 2.92. The minimum Gasteiger partial charge on any atom is -0.461 e. The molecule has 292 valence electrons. The zero-order chi connectivity index (χ0) is 39.1. The summed E-state index contributed by atoms with van der Waals surface area (Å²) in [5.41, 5.74) is 2.60. The van der Waals surface area contributed by atoms with Crippen LogP contribution in [-0.4, -0.2) is 99.7 Å². The Bertz CT molecular complexity index is 2460. The highest BCUT2D eigenvalue weighted by Crippen LogP contribution is 2.48. The second kappa shape index (κ2) is 13.5. The largest absolute Gasteiger partial charge is 0.461 e. The minimum atomic E-state index is -5.14. The van der Waals surface area contributed by atoms with E-state index in [2.05, 4.69) is 15.1 Å². The monoisotopic (exact) mass is 797 g/mol. The number of carbonyl (C=O) groups excluding carboxylic acids is 1. The zero-order valence-electron chi connectivity index (χ0n) is 29.6. The lowest BCUT2D eigenvalue weighted by molar-refractivity contribution is -0.137. The van der Waals surface area contributed by atoms with E-state index in [9.17, 15) is 14.4 Å². The van der Waals surface area contributed by atoms with Crippen molar-refractivity contribution in [3.63, 3.8) is 0 Å². The van der Waals surface area contributed by atoms with Gasteiger partial charge in [-0.15, -0.1) is 11.3 Å². The van der Waals surface area contributed by atoms with Crippen molar-refractivity contribution in [2.45, 2.75) is 50.2 Å². The van der Waals surface area contributed by atoms with E-state index < -0.39 is 46.2 Å². The first-order chi connectivity index (χ1) is 26.8. The van der Waals surface area contributed by atoms with Crippen molar-refractivity contribution in [3.8, 4) is 23.2 Å². The maximum atomic E-state index is 17.3. The third-order valence-electron chi connectivity index (χ3n) is 11.2. The number of nitrogen functional groups attached to an aromatic ring is 1. The van der Waals surface area contributed by atoms with E-state index >= 15 is 22.0 Å². The maximum Gasteiger partial charge on any atom is 0.417 e. The Labute approximate surface area is 319 Å². The molecule has 4 aliphatic rings. The molecule has 1 amide bonds. The molecule has 12 nitrogen and oxygen atoms in total. The van der Waals surface area contributed by atoms with Crippen molar-refractivity contribution in [2.24, 2.45) is 0 Å². The van der Waals surface area contributed by atoms with Gasteiger partial charge in [0.1, 0.15) is 41.0 Å². The fourth-order valence-electron chi connectivity index (χ4n) is 8.62. The van der Waals surface area contributed by atoms with Crippen LogP contribution >= 0.6 is 11.3 Å². The van der Waals surface area contributed by atoms with Gasteiger partial charge in [0.15, 0.2) is 11.5 Å². The van der Waals surface area contributed by atoms with Crippen molar-refractivity contribution >= 4 is 49.1 Å². The van der Waals surface area contributed by atoms with Gasteiger partial charge in [0.2, 0.25) is 0 Å². The molecule has 3 aromatic heterocycles. The number of carbonyl (C=O) groups is 1. The van der Waals surface area contributed by atoms with Crippen LogP contribution in [0, 0.1) is 23.0 Å². The fraction of sp³-hybridized carbons (Fsp3) is 0.432. The number of nitriles is 1. The van der Waals surface area contributed by atoms with Crippen LogP contribution in [0.5, 0.6) is 6.01 Å². The number of thiophene rings is 1. The van der Waals surface area contributed by atoms with E-state index in [1.165, 1.54) is 0 Å². The second-order valence-corrected chi connectivity index (χ2v) is 15.6. The third kappa shape index (κ3) is 5.96.